The zero-order chi connectivity index (χ0) is 6.70. The van der Waals surface area contributed by atoms with E-state index in [1.165, 1.54) is 0 Å². The highest BCUT2D eigenvalue weighted by atomic mass is 35.5. The second-order valence-corrected chi connectivity index (χ2v) is 3.58. The van der Waals surface area contributed by atoms with Crippen molar-refractivity contribution in [2.75, 3.05) is 0 Å². The Kier molecular flexibility index (Phi) is 0.736. The number of carbonyl (C=O) groups is 1. The molecule has 0 N–H and O–H groups in total. The highest BCUT2D eigenvalue weighted by Gasteiger charge is 2.72. The van der Waals surface area contributed by atoms with Crippen LogP contribution in [0.3, 0.4) is 0 Å². The molecule has 3 fully saturated rings. The minimum Gasteiger partial charge on any atom is -0.281 e. The first kappa shape index (κ1) is 5.66. The third-order valence-electron chi connectivity index (χ3n) is 2.38. The van der Waals surface area contributed by atoms with Gasteiger partial charge in [0.25, 0.3) is 0 Å². The maximum Gasteiger partial charge on any atom is 0.228 e. The van der Waals surface area contributed by atoms with Gasteiger partial charge in [-0.3, -0.25) is 4.79 Å². The lowest BCUT2D eigenvalue weighted by atomic mass is 9.43. The minimum absolute atomic E-state index is 0.345. The molecule has 3 aliphatic rings. The lowest BCUT2D eigenvalue weighted by Gasteiger charge is -2.63. The van der Waals surface area contributed by atoms with E-state index in [-0.39, 0.29) is 5.24 Å². The molecule has 2 bridgehead atoms. The molecule has 0 aliphatic heterocycles. The summed E-state index contributed by atoms with van der Waals surface area (Å²) in [5.74, 6) is 0. The van der Waals surface area contributed by atoms with Gasteiger partial charge in [-0.25, -0.2) is 4.39 Å². The van der Waals surface area contributed by atoms with E-state index in [0.29, 0.717) is 19.3 Å². The third-order valence-corrected chi connectivity index (χ3v) is 2.78. The average molecular weight is 149 g/mol. The predicted molar refractivity (Wildman–Crippen MR) is 31.0 cm³/mol. The SMILES string of the molecule is O=C(Cl)[C@]12C[C@](F)(C1)C2. The summed E-state index contributed by atoms with van der Waals surface area (Å²) in [5.41, 5.74) is -1.42. The van der Waals surface area contributed by atoms with Crippen LogP contribution >= 0.6 is 11.6 Å². The van der Waals surface area contributed by atoms with Gasteiger partial charge in [-0.2, -0.15) is 0 Å². The van der Waals surface area contributed by atoms with E-state index in [1.807, 2.05) is 0 Å². The Morgan fingerprint density at radius 3 is 2.00 bits per heavy atom. The molecule has 3 aliphatic carbocycles. The summed E-state index contributed by atoms with van der Waals surface area (Å²) < 4.78 is 12.7. The van der Waals surface area contributed by atoms with E-state index in [9.17, 15) is 9.18 Å². The molecule has 0 radical (unpaired) electrons. The van der Waals surface area contributed by atoms with Crippen LogP contribution in [0.15, 0.2) is 0 Å². The topological polar surface area (TPSA) is 17.1 Å². The van der Waals surface area contributed by atoms with Crippen LogP contribution in [0.2, 0.25) is 0 Å². The van der Waals surface area contributed by atoms with Crippen molar-refractivity contribution in [2.24, 2.45) is 5.41 Å². The van der Waals surface area contributed by atoms with Gasteiger partial charge < -0.3 is 0 Å². The average Bonchev–Trinajstić information content (AvgIpc) is 1.54. The molecule has 3 rings (SSSR count). The zero-order valence-corrected chi connectivity index (χ0v) is 5.54. The summed E-state index contributed by atoms with van der Waals surface area (Å²) in [6.45, 7) is 0. The lowest BCUT2D eigenvalue weighted by molar-refractivity contribution is -0.205. The van der Waals surface area contributed by atoms with Gasteiger partial charge >= 0.3 is 0 Å². The van der Waals surface area contributed by atoms with Crippen LogP contribution in [0.5, 0.6) is 0 Å². The van der Waals surface area contributed by atoms with Crippen LogP contribution in [-0.2, 0) is 4.79 Å². The van der Waals surface area contributed by atoms with E-state index in [2.05, 4.69) is 0 Å². The van der Waals surface area contributed by atoms with Crippen LogP contribution in [0, 0.1) is 5.41 Å². The van der Waals surface area contributed by atoms with Crippen LogP contribution < -0.4 is 0 Å². The predicted octanol–water partition coefficient (Wildman–Crippen LogP) is 1.64. The molecule has 3 heteroatoms. The molecule has 0 atom stereocenters. The molecule has 0 spiro atoms. The number of carbonyl (C=O) groups excluding carboxylic acids is 1. The van der Waals surface area contributed by atoms with Gasteiger partial charge in [0.15, 0.2) is 0 Å². The second-order valence-electron chi connectivity index (χ2n) is 3.24. The standard InChI is InChI=1S/C6H6ClFO/c7-4(9)5-1-6(8,2-5)3-5/h1-3H2/t5-,6+. The Balaban J connectivity index is 2.13. The molecule has 3 saturated carbocycles. The minimum atomic E-state index is -0.995. The maximum absolute atomic E-state index is 12.7. The first-order valence-corrected chi connectivity index (χ1v) is 3.33. The van der Waals surface area contributed by atoms with E-state index in [0.717, 1.165) is 0 Å². The normalized spacial score (nSPS) is 53.6. The van der Waals surface area contributed by atoms with Crippen molar-refractivity contribution in [1.29, 1.82) is 0 Å². The largest absolute Gasteiger partial charge is 0.281 e. The van der Waals surface area contributed by atoms with Crippen LogP contribution in [0.4, 0.5) is 4.39 Å². The summed E-state index contributed by atoms with van der Waals surface area (Å²) >= 11 is 5.22. The van der Waals surface area contributed by atoms with Crippen LogP contribution in [0.25, 0.3) is 0 Å². The summed E-state index contributed by atoms with van der Waals surface area (Å²) in [4.78, 5) is 10.5. The quantitative estimate of drug-likeness (QED) is 0.517. The van der Waals surface area contributed by atoms with Gasteiger partial charge in [-0.15, -0.1) is 0 Å². The molecule has 9 heavy (non-hydrogen) atoms. The van der Waals surface area contributed by atoms with Crippen molar-refractivity contribution in [3.05, 3.63) is 0 Å². The molecule has 0 aromatic heterocycles. The number of halogens is 2. The number of hydrogen-bond acceptors (Lipinski definition) is 1. The van der Waals surface area contributed by atoms with Crippen LogP contribution in [0.1, 0.15) is 19.3 Å². The van der Waals surface area contributed by atoms with Gasteiger partial charge in [0.1, 0.15) is 5.67 Å². The molecule has 0 saturated heterocycles. The molecule has 50 valence electrons. The summed E-state index contributed by atoms with van der Waals surface area (Å²) in [6, 6.07) is 0. The molecule has 1 nitrogen and oxygen atoms in total. The summed E-state index contributed by atoms with van der Waals surface area (Å²) in [5, 5.41) is -0.345. The summed E-state index contributed by atoms with van der Waals surface area (Å²) in [6.07, 6.45) is 1.13. The Morgan fingerprint density at radius 1 is 1.44 bits per heavy atom. The van der Waals surface area contributed by atoms with E-state index in [1.54, 1.807) is 0 Å². The second kappa shape index (κ2) is 1.17. The molecule has 0 aromatic carbocycles. The van der Waals surface area contributed by atoms with Crippen molar-refractivity contribution in [2.45, 2.75) is 24.9 Å². The first-order valence-electron chi connectivity index (χ1n) is 2.95. The monoisotopic (exact) mass is 148 g/mol. The Hall–Kier alpha value is -0.110. The number of rotatable bonds is 1. The highest BCUT2D eigenvalue weighted by molar-refractivity contribution is 6.65. The first-order chi connectivity index (χ1) is 4.06. The van der Waals surface area contributed by atoms with Crippen molar-refractivity contribution in [3.63, 3.8) is 0 Å². The molecule has 0 amide bonds. The van der Waals surface area contributed by atoms with E-state index < -0.39 is 11.1 Å². The Morgan fingerprint density at radius 2 is 1.89 bits per heavy atom. The zero-order valence-electron chi connectivity index (χ0n) is 4.79. The van der Waals surface area contributed by atoms with Gasteiger partial charge in [0.2, 0.25) is 5.24 Å². The van der Waals surface area contributed by atoms with Crippen molar-refractivity contribution < 1.29 is 9.18 Å². The molecule has 0 unspecified atom stereocenters. The van der Waals surface area contributed by atoms with Gasteiger partial charge in [0, 0.05) is 0 Å². The highest BCUT2D eigenvalue weighted by Crippen LogP contribution is 2.70. The summed E-state index contributed by atoms with van der Waals surface area (Å²) in [7, 11) is 0. The van der Waals surface area contributed by atoms with Gasteiger partial charge in [-0.05, 0) is 30.9 Å². The van der Waals surface area contributed by atoms with Crippen molar-refractivity contribution in [3.8, 4) is 0 Å². The number of hydrogen-bond donors (Lipinski definition) is 0. The molecular weight excluding hydrogens is 143 g/mol. The van der Waals surface area contributed by atoms with Gasteiger partial charge in [0.05, 0.1) is 5.41 Å². The van der Waals surface area contributed by atoms with E-state index >= 15 is 0 Å². The molecular formula is C6H6ClFO. The maximum atomic E-state index is 12.7. The fraction of sp³-hybridized carbons (Fsp3) is 0.833. The van der Waals surface area contributed by atoms with Crippen molar-refractivity contribution in [1.82, 2.24) is 0 Å². The smallest absolute Gasteiger partial charge is 0.228 e. The number of alkyl halides is 1. The fourth-order valence-electron chi connectivity index (χ4n) is 1.87. The third kappa shape index (κ3) is 0.480. The van der Waals surface area contributed by atoms with E-state index in [4.69, 9.17) is 11.6 Å². The molecule has 0 heterocycles. The Bertz CT molecular complexity index is 170. The van der Waals surface area contributed by atoms with Crippen molar-refractivity contribution >= 4 is 16.8 Å². The molecule has 0 aromatic rings. The van der Waals surface area contributed by atoms with Crippen LogP contribution in [-0.4, -0.2) is 10.9 Å². The van der Waals surface area contributed by atoms with Gasteiger partial charge in [-0.1, -0.05) is 0 Å². The lowest BCUT2D eigenvalue weighted by Crippen LogP contribution is -2.66. The Labute approximate surface area is 57.2 Å². The fourth-order valence-corrected chi connectivity index (χ4v) is 2.07.